The molecule has 21 heavy (non-hydrogen) atoms. The second-order valence-corrected chi connectivity index (χ2v) is 5.77. The minimum absolute atomic E-state index is 0.0623. The summed E-state index contributed by atoms with van der Waals surface area (Å²) >= 11 is 0. The van der Waals surface area contributed by atoms with Crippen molar-refractivity contribution < 1.29 is 10.0 Å². The topological polar surface area (TPSA) is 93.2 Å². The van der Waals surface area contributed by atoms with Gasteiger partial charge in [0.15, 0.2) is 0 Å². The molecular weight excluding hydrogens is 272 g/mol. The average Bonchev–Trinajstić information content (AvgIpc) is 2.72. The van der Waals surface area contributed by atoms with Gasteiger partial charge in [-0.15, -0.1) is 0 Å². The molecule has 0 saturated heterocycles. The van der Waals surface area contributed by atoms with Crippen LogP contribution in [0.2, 0.25) is 0 Å². The molecule has 1 atom stereocenters. The molecule has 2 N–H and O–H groups in total. The lowest BCUT2D eigenvalue weighted by Crippen LogP contribution is -2.19. The number of nitrogens with one attached hydrogen (secondary N) is 1. The minimum Gasteiger partial charge on any atom is -0.396 e. The lowest BCUT2D eigenvalue weighted by Gasteiger charge is -2.19. The molecule has 0 radical (unpaired) electrons. The predicted octanol–water partition coefficient (Wildman–Crippen LogP) is 2.35. The predicted molar refractivity (Wildman–Crippen MR) is 82.4 cm³/mol. The zero-order valence-electron chi connectivity index (χ0n) is 13.3. The number of aromatic nitrogens is 2. The van der Waals surface area contributed by atoms with E-state index in [4.69, 9.17) is 5.11 Å². The van der Waals surface area contributed by atoms with Gasteiger partial charge in [-0.2, -0.15) is 5.10 Å². The second kappa shape index (κ2) is 7.97. The highest BCUT2D eigenvalue weighted by atomic mass is 16.6. The average molecular weight is 298 g/mol. The lowest BCUT2D eigenvalue weighted by molar-refractivity contribution is -0.384. The lowest BCUT2D eigenvalue weighted by atomic mass is 9.94. The van der Waals surface area contributed by atoms with Gasteiger partial charge in [0, 0.05) is 20.2 Å². The summed E-state index contributed by atoms with van der Waals surface area (Å²) in [6, 6.07) is 0. The summed E-state index contributed by atoms with van der Waals surface area (Å²) in [6.45, 7) is 6.85. The quantitative estimate of drug-likeness (QED) is 0.539. The highest BCUT2D eigenvalue weighted by molar-refractivity contribution is 5.59. The van der Waals surface area contributed by atoms with E-state index in [1.807, 2.05) is 6.92 Å². The van der Waals surface area contributed by atoms with E-state index >= 15 is 0 Å². The van der Waals surface area contributed by atoms with Gasteiger partial charge in [0.1, 0.15) is 5.69 Å². The van der Waals surface area contributed by atoms with Gasteiger partial charge in [-0.3, -0.25) is 10.1 Å². The van der Waals surface area contributed by atoms with Crippen LogP contribution in [-0.2, 0) is 13.5 Å². The second-order valence-electron chi connectivity index (χ2n) is 5.77. The molecule has 0 aromatic carbocycles. The van der Waals surface area contributed by atoms with Crippen molar-refractivity contribution >= 4 is 11.5 Å². The van der Waals surface area contributed by atoms with Crippen LogP contribution in [0.3, 0.4) is 0 Å². The maximum atomic E-state index is 11.2. The van der Waals surface area contributed by atoms with Crippen molar-refractivity contribution in [3.05, 3.63) is 15.8 Å². The number of hydrogen-bond acceptors (Lipinski definition) is 5. The van der Waals surface area contributed by atoms with Crippen molar-refractivity contribution in [2.24, 2.45) is 18.9 Å². The third-order valence-corrected chi connectivity index (χ3v) is 3.51. The fraction of sp³-hybridized carbons (Fsp3) is 0.786. The maximum absolute atomic E-state index is 11.2. The third-order valence-electron chi connectivity index (χ3n) is 3.51. The molecule has 120 valence electrons. The highest BCUT2D eigenvalue weighted by Gasteiger charge is 2.26. The van der Waals surface area contributed by atoms with Gasteiger partial charge in [-0.05, 0) is 31.1 Å². The minimum atomic E-state index is -0.377. The summed E-state index contributed by atoms with van der Waals surface area (Å²) in [6.07, 6.45) is 2.19. The van der Waals surface area contributed by atoms with Gasteiger partial charge in [-0.1, -0.05) is 20.8 Å². The van der Waals surface area contributed by atoms with Gasteiger partial charge in [0.25, 0.3) is 0 Å². The van der Waals surface area contributed by atoms with E-state index < -0.39 is 0 Å². The Bertz CT molecular complexity index is 471. The van der Waals surface area contributed by atoms with E-state index in [1.165, 1.54) is 4.68 Å². The maximum Gasteiger partial charge on any atom is 0.333 e. The first-order valence-electron chi connectivity index (χ1n) is 7.45. The largest absolute Gasteiger partial charge is 0.396 e. The molecule has 7 heteroatoms. The molecule has 1 aromatic heterocycles. The monoisotopic (exact) mass is 298 g/mol. The molecule has 1 aromatic rings. The molecule has 0 aliphatic heterocycles. The fourth-order valence-corrected chi connectivity index (χ4v) is 2.59. The van der Waals surface area contributed by atoms with Gasteiger partial charge in [0.2, 0.25) is 5.82 Å². The molecule has 1 heterocycles. The smallest absolute Gasteiger partial charge is 0.333 e. The van der Waals surface area contributed by atoms with Crippen LogP contribution in [0, 0.1) is 22.0 Å². The Hall–Kier alpha value is -1.63. The molecule has 1 unspecified atom stereocenters. The van der Waals surface area contributed by atoms with E-state index in [0.29, 0.717) is 36.8 Å². The molecular formula is C14H26N4O3. The summed E-state index contributed by atoms with van der Waals surface area (Å²) in [5.41, 5.74) is 0.555. The van der Waals surface area contributed by atoms with Crippen molar-refractivity contribution in [2.45, 2.75) is 40.0 Å². The van der Waals surface area contributed by atoms with Crippen LogP contribution in [0.15, 0.2) is 0 Å². The number of nitrogens with zero attached hydrogens (tertiary/aromatic N) is 3. The fourth-order valence-electron chi connectivity index (χ4n) is 2.59. The van der Waals surface area contributed by atoms with E-state index in [9.17, 15) is 10.1 Å². The molecule has 1 rings (SSSR count). The van der Waals surface area contributed by atoms with Gasteiger partial charge < -0.3 is 10.4 Å². The summed E-state index contributed by atoms with van der Waals surface area (Å²) in [5.74, 6) is 1.26. The Balaban J connectivity index is 2.86. The number of aliphatic hydroxyl groups is 1. The van der Waals surface area contributed by atoms with Crippen molar-refractivity contribution in [1.29, 1.82) is 0 Å². The number of hydrogen-bond donors (Lipinski definition) is 2. The van der Waals surface area contributed by atoms with Crippen LogP contribution in [0.5, 0.6) is 0 Å². The Kier molecular flexibility index (Phi) is 6.61. The van der Waals surface area contributed by atoms with Crippen molar-refractivity contribution in [2.75, 3.05) is 18.5 Å². The summed E-state index contributed by atoms with van der Waals surface area (Å²) < 4.78 is 1.53. The third kappa shape index (κ3) is 4.70. The number of rotatable bonds is 9. The molecule has 0 saturated carbocycles. The normalized spacial score (nSPS) is 12.7. The van der Waals surface area contributed by atoms with Crippen LogP contribution in [0.25, 0.3) is 0 Å². The number of nitro groups is 1. The molecule has 0 aliphatic carbocycles. The Morgan fingerprint density at radius 1 is 1.48 bits per heavy atom. The first-order valence-corrected chi connectivity index (χ1v) is 7.45. The first kappa shape index (κ1) is 17.4. The Morgan fingerprint density at radius 3 is 2.62 bits per heavy atom. The van der Waals surface area contributed by atoms with Crippen LogP contribution in [0.4, 0.5) is 11.5 Å². The van der Waals surface area contributed by atoms with Crippen LogP contribution < -0.4 is 5.32 Å². The SMILES string of the molecule is CCc1nn(C)c(NCC(CCO)CC(C)C)c1[N+](=O)[O-]. The number of aliphatic hydroxyl groups excluding tert-OH is 1. The van der Waals surface area contributed by atoms with Gasteiger partial charge in [-0.25, -0.2) is 4.68 Å². The molecule has 7 nitrogen and oxygen atoms in total. The molecule has 0 amide bonds. The van der Waals surface area contributed by atoms with Crippen molar-refractivity contribution in [1.82, 2.24) is 9.78 Å². The van der Waals surface area contributed by atoms with E-state index in [1.54, 1.807) is 7.05 Å². The first-order chi connectivity index (χ1) is 9.90. The highest BCUT2D eigenvalue weighted by Crippen LogP contribution is 2.29. The van der Waals surface area contributed by atoms with Crippen molar-refractivity contribution in [3.63, 3.8) is 0 Å². The molecule has 0 bridgehead atoms. The van der Waals surface area contributed by atoms with Gasteiger partial charge in [0.05, 0.1) is 4.92 Å². The van der Waals surface area contributed by atoms with Crippen molar-refractivity contribution in [3.8, 4) is 0 Å². The Labute approximate surface area is 125 Å². The standard InChI is InChI=1S/C14H26N4O3/c1-5-12-13(18(20)21)14(17(4)16-12)15-9-11(6-7-19)8-10(2)3/h10-11,15,19H,5-9H2,1-4H3. The number of aryl methyl sites for hydroxylation is 2. The van der Waals surface area contributed by atoms with E-state index in [0.717, 1.165) is 6.42 Å². The number of anilines is 1. The summed E-state index contributed by atoms with van der Waals surface area (Å²) in [7, 11) is 1.71. The summed E-state index contributed by atoms with van der Waals surface area (Å²) in [4.78, 5) is 10.9. The van der Waals surface area contributed by atoms with Gasteiger partial charge >= 0.3 is 5.69 Å². The molecule has 0 fully saturated rings. The van der Waals surface area contributed by atoms with E-state index in [2.05, 4.69) is 24.3 Å². The molecule has 0 aliphatic rings. The van der Waals surface area contributed by atoms with Crippen LogP contribution in [-0.4, -0.2) is 33.0 Å². The zero-order valence-corrected chi connectivity index (χ0v) is 13.3. The van der Waals surface area contributed by atoms with E-state index in [-0.39, 0.29) is 23.1 Å². The van der Waals surface area contributed by atoms with Crippen LogP contribution in [0.1, 0.15) is 39.3 Å². The van der Waals surface area contributed by atoms with Crippen LogP contribution >= 0.6 is 0 Å². The Morgan fingerprint density at radius 2 is 2.14 bits per heavy atom. The summed E-state index contributed by atoms with van der Waals surface area (Å²) in [5, 5.41) is 27.7. The molecule has 0 spiro atoms. The zero-order chi connectivity index (χ0) is 16.0.